The molecule has 6 nitrogen and oxygen atoms in total. The average molecular weight is 327 g/mol. The maximum atomic E-state index is 12.0. The van der Waals surface area contributed by atoms with Crippen LogP contribution in [0.15, 0.2) is 48.5 Å². The number of urea groups is 1. The summed E-state index contributed by atoms with van der Waals surface area (Å²) in [5.41, 5.74) is 7.16. The fourth-order valence-electron chi connectivity index (χ4n) is 2.26. The lowest BCUT2D eigenvalue weighted by Gasteiger charge is -2.15. The Labute approximate surface area is 140 Å². The molecule has 5 N–H and O–H groups in total. The highest BCUT2D eigenvalue weighted by atomic mass is 16.3. The molecule has 2 aromatic carbocycles. The summed E-state index contributed by atoms with van der Waals surface area (Å²) in [4.78, 5) is 23.1. The van der Waals surface area contributed by atoms with E-state index in [1.807, 2.05) is 19.1 Å². The number of amides is 3. The van der Waals surface area contributed by atoms with Crippen LogP contribution in [0.1, 0.15) is 29.3 Å². The van der Waals surface area contributed by atoms with Crippen molar-refractivity contribution in [2.24, 2.45) is 5.73 Å². The molecule has 6 heteroatoms. The summed E-state index contributed by atoms with van der Waals surface area (Å²) in [6.45, 7) is 1.92. The number of carbonyl (C=O) groups excluding carboxylic acids is 2. The summed E-state index contributed by atoms with van der Waals surface area (Å²) in [6.07, 6.45) is 1.55. The number of carbonyl (C=O) groups is 2. The molecule has 24 heavy (non-hydrogen) atoms. The van der Waals surface area contributed by atoms with Gasteiger partial charge >= 0.3 is 6.03 Å². The summed E-state index contributed by atoms with van der Waals surface area (Å²) < 4.78 is 0. The van der Waals surface area contributed by atoms with E-state index in [2.05, 4.69) is 10.6 Å². The lowest BCUT2D eigenvalue weighted by Crippen LogP contribution is -2.36. The highest BCUT2D eigenvalue weighted by Crippen LogP contribution is 2.12. The zero-order valence-corrected chi connectivity index (χ0v) is 13.5. The Bertz CT molecular complexity index is 714. The van der Waals surface area contributed by atoms with Crippen molar-refractivity contribution in [3.8, 4) is 5.75 Å². The van der Waals surface area contributed by atoms with Crippen LogP contribution in [0.25, 0.3) is 0 Å². The van der Waals surface area contributed by atoms with Gasteiger partial charge in [-0.25, -0.2) is 4.79 Å². The Morgan fingerprint density at radius 1 is 1.17 bits per heavy atom. The Balaban J connectivity index is 1.82. The minimum atomic E-state index is -0.540. The molecule has 2 rings (SSSR count). The van der Waals surface area contributed by atoms with Crippen molar-refractivity contribution in [2.45, 2.75) is 25.8 Å². The number of aryl methyl sites for hydroxylation is 1. The van der Waals surface area contributed by atoms with E-state index in [-0.39, 0.29) is 17.8 Å². The van der Waals surface area contributed by atoms with Crippen LogP contribution in [-0.4, -0.2) is 23.1 Å². The summed E-state index contributed by atoms with van der Waals surface area (Å²) in [7, 11) is 0. The standard InChI is InChI=1S/C18H21N3O3/c1-12(5-6-13-7-9-16(22)10-8-13)20-18(24)21-15-4-2-3-14(11-15)17(19)23/h2-4,7-12,22H,5-6H2,1H3,(H2,19,23)(H2,20,21,24)/t12-/m0/s1. The number of hydrogen-bond acceptors (Lipinski definition) is 3. The van der Waals surface area contributed by atoms with E-state index in [0.29, 0.717) is 11.3 Å². The van der Waals surface area contributed by atoms with Gasteiger partial charge in [0.1, 0.15) is 5.75 Å². The van der Waals surface area contributed by atoms with Gasteiger partial charge in [-0.05, 0) is 55.7 Å². The van der Waals surface area contributed by atoms with Gasteiger partial charge < -0.3 is 21.5 Å². The molecule has 0 aromatic heterocycles. The Hall–Kier alpha value is -3.02. The SMILES string of the molecule is C[C@@H](CCc1ccc(O)cc1)NC(=O)Nc1cccc(C(N)=O)c1. The molecular formula is C18H21N3O3. The maximum absolute atomic E-state index is 12.0. The number of nitrogens with one attached hydrogen (secondary N) is 2. The van der Waals surface area contributed by atoms with Crippen molar-refractivity contribution in [1.82, 2.24) is 5.32 Å². The topological polar surface area (TPSA) is 104 Å². The molecular weight excluding hydrogens is 306 g/mol. The maximum Gasteiger partial charge on any atom is 0.319 e. The minimum Gasteiger partial charge on any atom is -0.508 e. The quantitative estimate of drug-likeness (QED) is 0.655. The lowest BCUT2D eigenvalue weighted by atomic mass is 10.1. The van der Waals surface area contributed by atoms with Gasteiger partial charge in [0, 0.05) is 17.3 Å². The van der Waals surface area contributed by atoms with Crippen molar-refractivity contribution in [1.29, 1.82) is 0 Å². The summed E-state index contributed by atoms with van der Waals surface area (Å²) >= 11 is 0. The van der Waals surface area contributed by atoms with Crippen molar-refractivity contribution in [2.75, 3.05) is 5.32 Å². The molecule has 0 saturated carbocycles. The van der Waals surface area contributed by atoms with Crippen LogP contribution in [0.3, 0.4) is 0 Å². The molecule has 1 atom stereocenters. The molecule has 0 aliphatic carbocycles. The molecule has 0 fully saturated rings. The smallest absolute Gasteiger partial charge is 0.319 e. The molecule has 0 bridgehead atoms. The predicted octanol–water partition coefficient (Wildman–Crippen LogP) is 2.63. The second-order valence-electron chi connectivity index (χ2n) is 5.65. The molecule has 0 saturated heterocycles. The van der Waals surface area contributed by atoms with Gasteiger partial charge in [-0.2, -0.15) is 0 Å². The van der Waals surface area contributed by atoms with E-state index in [9.17, 15) is 14.7 Å². The van der Waals surface area contributed by atoms with Crippen LogP contribution >= 0.6 is 0 Å². The number of phenols is 1. The second-order valence-corrected chi connectivity index (χ2v) is 5.65. The van der Waals surface area contributed by atoms with Crippen molar-refractivity contribution in [3.05, 3.63) is 59.7 Å². The summed E-state index contributed by atoms with van der Waals surface area (Å²) in [6, 6.07) is 13.1. The number of primary amides is 1. The molecule has 0 radical (unpaired) electrons. The normalized spacial score (nSPS) is 11.5. The molecule has 0 aliphatic heterocycles. The molecule has 0 heterocycles. The van der Waals surface area contributed by atoms with Gasteiger partial charge in [0.2, 0.25) is 5.91 Å². The van der Waals surface area contributed by atoms with Crippen LogP contribution in [-0.2, 0) is 6.42 Å². The van der Waals surface area contributed by atoms with Gasteiger partial charge in [0.15, 0.2) is 0 Å². The first-order valence-corrected chi connectivity index (χ1v) is 7.69. The predicted molar refractivity (Wildman–Crippen MR) is 93.0 cm³/mol. The molecule has 0 spiro atoms. The van der Waals surface area contributed by atoms with E-state index in [1.165, 1.54) is 6.07 Å². The van der Waals surface area contributed by atoms with Gasteiger partial charge in [0.25, 0.3) is 0 Å². The number of rotatable bonds is 6. The number of aromatic hydroxyl groups is 1. The second kappa shape index (κ2) is 8.01. The largest absolute Gasteiger partial charge is 0.508 e. The van der Waals surface area contributed by atoms with E-state index < -0.39 is 5.91 Å². The van der Waals surface area contributed by atoms with Gasteiger partial charge in [0.05, 0.1) is 0 Å². The fourth-order valence-corrected chi connectivity index (χ4v) is 2.26. The van der Waals surface area contributed by atoms with E-state index in [4.69, 9.17) is 5.73 Å². The van der Waals surface area contributed by atoms with Crippen LogP contribution in [0.5, 0.6) is 5.75 Å². The third kappa shape index (κ3) is 5.31. The van der Waals surface area contributed by atoms with E-state index >= 15 is 0 Å². The number of anilines is 1. The third-order valence-corrected chi connectivity index (χ3v) is 3.58. The van der Waals surface area contributed by atoms with Crippen molar-refractivity contribution in [3.63, 3.8) is 0 Å². The zero-order valence-electron chi connectivity index (χ0n) is 13.5. The van der Waals surface area contributed by atoms with Gasteiger partial charge in [-0.3, -0.25) is 4.79 Å². The van der Waals surface area contributed by atoms with Crippen molar-refractivity contribution < 1.29 is 14.7 Å². The molecule has 0 aliphatic rings. The minimum absolute atomic E-state index is 0.0295. The van der Waals surface area contributed by atoms with E-state index in [0.717, 1.165) is 18.4 Å². The Morgan fingerprint density at radius 3 is 2.54 bits per heavy atom. The molecule has 126 valence electrons. The van der Waals surface area contributed by atoms with Crippen molar-refractivity contribution >= 4 is 17.6 Å². The Kier molecular flexibility index (Phi) is 5.78. The molecule has 3 amide bonds. The highest BCUT2D eigenvalue weighted by Gasteiger charge is 2.09. The van der Waals surface area contributed by atoms with Gasteiger partial charge in [-0.1, -0.05) is 18.2 Å². The van der Waals surface area contributed by atoms with Crippen LogP contribution in [0.2, 0.25) is 0 Å². The first-order valence-electron chi connectivity index (χ1n) is 7.69. The van der Waals surface area contributed by atoms with Crippen LogP contribution in [0.4, 0.5) is 10.5 Å². The third-order valence-electron chi connectivity index (χ3n) is 3.58. The summed E-state index contributed by atoms with van der Waals surface area (Å²) in [5, 5.41) is 14.8. The van der Waals surface area contributed by atoms with Crippen LogP contribution < -0.4 is 16.4 Å². The zero-order chi connectivity index (χ0) is 17.5. The number of nitrogens with two attached hydrogens (primary N) is 1. The first-order chi connectivity index (χ1) is 11.4. The Morgan fingerprint density at radius 2 is 1.88 bits per heavy atom. The molecule has 0 unspecified atom stereocenters. The number of phenolic OH excluding ortho intramolecular Hbond substituents is 1. The highest BCUT2D eigenvalue weighted by molar-refractivity contribution is 5.95. The monoisotopic (exact) mass is 327 g/mol. The number of hydrogen-bond donors (Lipinski definition) is 4. The first kappa shape index (κ1) is 17.3. The average Bonchev–Trinajstić information content (AvgIpc) is 2.54. The summed E-state index contributed by atoms with van der Waals surface area (Å²) in [5.74, 6) is -0.302. The van der Waals surface area contributed by atoms with Gasteiger partial charge in [-0.15, -0.1) is 0 Å². The molecule has 2 aromatic rings. The lowest BCUT2D eigenvalue weighted by molar-refractivity contribution is 0.1000. The van der Waals surface area contributed by atoms with Crippen LogP contribution in [0, 0.1) is 0 Å². The number of benzene rings is 2. The fraction of sp³-hybridized carbons (Fsp3) is 0.222. The van der Waals surface area contributed by atoms with E-state index in [1.54, 1.807) is 30.3 Å².